The molecule has 3 rings (SSSR count). The molecule has 32 heavy (non-hydrogen) atoms. The van der Waals surface area contributed by atoms with Crippen LogP contribution in [0.1, 0.15) is 28.6 Å². The second-order valence-electron chi connectivity index (χ2n) is 9.05. The molecule has 0 spiro atoms. The molecule has 0 aliphatic rings. The van der Waals surface area contributed by atoms with Gasteiger partial charge in [-0.3, -0.25) is 0 Å². The third kappa shape index (κ3) is 5.13. The van der Waals surface area contributed by atoms with E-state index in [9.17, 15) is 10.4 Å². The summed E-state index contributed by atoms with van der Waals surface area (Å²) in [4.78, 5) is 4.69. The van der Waals surface area contributed by atoms with Crippen LogP contribution in [0.4, 0.5) is 0 Å². The molecular formula is C24H31N3O4Si. The monoisotopic (exact) mass is 453 g/mol. The molecule has 0 fully saturated rings. The molecule has 0 aliphatic heterocycles. The molecule has 1 atom stereocenters. The number of hydrogen-bond acceptors (Lipinski definition) is 6. The summed E-state index contributed by atoms with van der Waals surface area (Å²) in [6.07, 6.45) is -1.11. The van der Waals surface area contributed by atoms with E-state index in [4.69, 9.17) is 14.2 Å². The number of ether oxygens (including phenoxy) is 3. The van der Waals surface area contributed by atoms with Gasteiger partial charge in [-0.25, -0.2) is 4.98 Å². The highest BCUT2D eigenvalue weighted by Gasteiger charge is 2.27. The molecule has 0 radical (unpaired) electrons. The molecule has 170 valence electrons. The van der Waals surface area contributed by atoms with Crippen LogP contribution in [0.2, 0.25) is 25.7 Å². The summed E-state index contributed by atoms with van der Waals surface area (Å²) < 4.78 is 18.9. The van der Waals surface area contributed by atoms with Gasteiger partial charge in [-0.15, -0.1) is 0 Å². The van der Waals surface area contributed by atoms with Crippen molar-refractivity contribution in [2.45, 2.75) is 45.4 Å². The predicted molar refractivity (Wildman–Crippen MR) is 127 cm³/mol. The van der Waals surface area contributed by atoms with Crippen molar-refractivity contribution in [3.63, 3.8) is 0 Å². The number of rotatable bonds is 9. The fourth-order valence-electron chi connectivity index (χ4n) is 3.56. The van der Waals surface area contributed by atoms with Gasteiger partial charge in [-0.1, -0.05) is 19.6 Å². The molecule has 7 nitrogen and oxygen atoms in total. The minimum absolute atomic E-state index is 0.221. The van der Waals surface area contributed by atoms with Gasteiger partial charge in [0.05, 0.1) is 42.4 Å². The zero-order chi connectivity index (χ0) is 23.5. The highest BCUT2D eigenvalue weighted by Crippen LogP contribution is 2.39. The Kier molecular flexibility index (Phi) is 7.24. The number of aromatic nitrogens is 2. The number of aliphatic hydroxyl groups is 1. The van der Waals surface area contributed by atoms with E-state index in [1.807, 2.05) is 23.6 Å². The van der Waals surface area contributed by atoms with Gasteiger partial charge in [-0.05, 0) is 48.9 Å². The second-order valence-corrected chi connectivity index (χ2v) is 14.7. The lowest BCUT2D eigenvalue weighted by Gasteiger charge is -2.20. The van der Waals surface area contributed by atoms with Gasteiger partial charge >= 0.3 is 0 Å². The van der Waals surface area contributed by atoms with E-state index < -0.39 is 14.2 Å². The lowest BCUT2D eigenvalue weighted by Crippen LogP contribution is -2.22. The van der Waals surface area contributed by atoms with Crippen LogP contribution >= 0.6 is 0 Å². The van der Waals surface area contributed by atoms with E-state index in [-0.39, 0.29) is 6.73 Å². The number of fused-ring (bicyclic) bond motifs is 1. The van der Waals surface area contributed by atoms with E-state index >= 15 is 0 Å². The van der Waals surface area contributed by atoms with Gasteiger partial charge in [0.1, 0.15) is 30.2 Å². The Morgan fingerprint density at radius 2 is 1.78 bits per heavy atom. The summed E-state index contributed by atoms with van der Waals surface area (Å²) in [5, 5.41) is 20.8. The molecule has 0 bridgehead atoms. The maximum Gasteiger partial charge on any atom is 0.145 e. The Morgan fingerprint density at radius 1 is 1.12 bits per heavy atom. The second kappa shape index (κ2) is 9.73. The Hall–Kier alpha value is -2.86. The number of benzene rings is 2. The van der Waals surface area contributed by atoms with Crippen LogP contribution in [-0.4, -0.2) is 43.6 Å². The van der Waals surface area contributed by atoms with Crippen molar-refractivity contribution >= 4 is 19.1 Å². The first kappa shape index (κ1) is 23.8. The van der Waals surface area contributed by atoms with E-state index in [0.717, 1.165) is 17.1 Å². The molecule has 2 aromatic carbocycles. The van der Waals surface area contributed by atoms with Crippen LogP contribution < -0.4 is 9.47 Å². The fraction of sp³-hybridized carbons (Fsp3) is 0.417. The third-order valence-corrected chi connectivity index (χ3v) is 7.03. The lowest BCUT2D eigenvalue weighted by molar-refractivity contribution is 0.0810. The Morgan fingerprint density at radius 3 is 2.34 bits per heavy atom. The maximum absolute atomic E-state index is 11.4. The van der Waals surface area contributed by atoms with Crippen molar-refractivity contribution in [3.05, 3.63) is 52.8 Å². The number of methoxy groups -OCH3 is 2. The molecule has 0 saturated heterocycles. The van der Waals surface area contributed by atoms with Crippen molar-refractivity contribution in [3.8, 4) is 17.6 Å². The Labute approximate surface area is 190 Å². The van der Waals surface area contributed by atoms with Gasteiger partial charge < -0.3 is 23.9 Å². The Bertz CT molecular complexity index is 1120. The average molecular weight is 454 g/mol. The summed E-state index contributed by atoms with van der Waals surface area (Å²) in [6, 6.07) is 12.2. The van der Waals surface area contributed by atoms with Gasteiger partial charge in [0, 0.05) is 14.7 Å². The standard InChI is InChI=1S/C24H31N3O4Si/c1-16-11-20(29-2)22(21(12-16)30-3)23(28)24-26-18-8-7-17(14-25)13-19(18)27(24)15-31-9-10-32(4,5)6/h7-8,11-13,23,28H,9-10,15H2,1-6H3. The lowest BCUT2D eigenvalue weighted by atomic mass is 10.0. The van der Waals surface area contributed by atoms with Crippen LogP contribution in [0.3, 0.4) is 0 Å². The third-order valence-electron chi connectivity index (χ3n) is 5.33. The number of imidazole rings is 1. The largest absolute Gasteiger partial charge is 0.496 e. The maximum atomic E-state index is 11.4. The van der Waals surface area contributed by atoms with Crippen molar-refractivity contribution < 1.29 is 19.3 Å². The first-order valence-corrected chi connectivity index (χ1v) is 14.3. The minimum atomic E-state index is -1.24. The van der Waals surface area contributed by atoms with E-state index in [1.54, 1.807) is 32.4 Å². The Balaban J connectivity index is 2.08. The summed E-state index contributed by atoms with van der Waals surface area (Å²) in [7, 11) is 1.88. The van der Waals surface area contributed by atoms with Crippen molar-refractivity contribution in [2.75, 3.05) is 20.8 Å². The predicted octanol–water partition coefficient (Wildman–Crippen LogP) is 4.63. The van der Waals surface area contributed by atoms with Crippen molar-refractivity contribution in [2.24, 2.45) is 0 Å². The molecular weight excluding hydrogens is 422 g/mol. The van der Waals surface area contributed by atoms with Crippen LogP contribution in [0, 0.1) is 18.3 Å². The van der Waals surface area contributed by atoms with Crippen LogP contribution in [0.5, 0.6) is 11.5 Å². The van der Waals surface area contributed by atoms with Crippen molar-refractivity contribution in [1.29, 1.82) is 5.26 Å². The van der Waals surface area contributed by atoms with E-state index in [1.165, 1.54) is 0 Å². The number of aryl methyl sites for hydroxylation is 1. The topological polar surface area (TPSA) is 89.5 Å². The fourth-order valence-corrected chi connectivity index (χ4v) is 4.31. The van der Waals surface area contributed by atoms with Gasteiger partial charge in [0.25, 0.3) is 0 Å². The molecule has 1 heterocycles. The summed E-state index contributed by atoms with van der Waals surface area (Å²) in [5.74, 6) is 1.44. The number of nitriles is 1. The quantitative estimate of drug-likeness (QED) is 0.375. The zero-order valence-electron chi connectivity index (χ0n) is 19.6. The molecule has 8 heteroatoms. The molecule has 1 aromatic heterocycles. The van der Waals surface area contributed by atoms with E-state index in [2.05, 4.69) is 30.7 Å². The first-order chi connectivity index (χ1) is 15.2. The van der Waals surface area contributed by atoms with Crippen LogP contribution in [0.15, 0.2) is 30.3 Å². The van der Waals surface area contributed by atoms with E-state index in [0.29, 0.717) is 40.6 Å². The average Bonchev–Trinajstić information content (AvgIpc) is 3.12. The highest BCUT2D eigenvalue weighted by molar-refractivity contribution is 6.76. The number of aliphatic hydroxyl groups excluding tert-OH is 1. The van der Waals surface area contributed by atoms with Crippen LogP contribution in [-0.2, 0) is 11.5 Å². The summed E-state index contributed by atoms with van der Waals surface area (Å²) in [6.45, 7) is 9.68. The minimum Gasteiger partial charge on any atom is -0.496 e. The molecule has 3 aromatic rings. The SMILES string of the molecule is COc1cc(C)cc(OC)c1C(O)c1nc2ccc(C#N)cc2n1COCC[Si](C)(C)C. The zero-order valence-corrected chi connectivity index (χ0v) is 20.6. The molecule has 1 N–H and O–H groups in total. The van der Waals surface area contributed by atoms with Gasteiger partial charge in [-0.2, -0.15) is 5.26 Å². The van der Waals surface area contributed by atoms with Crippen molar-refractivity contribution in [1.82, 2.24) is 9.55 Å². The summed E-state index contributed by atoms with van der Waals surface area (Å²) >= 11 is 0. The molecule has 0 aliphatic carbocycles. The van der Waals surface area contributed by atoms with Gasteiger partial charge in [0.2, 0.25) is 0 Å². The molecule has 0 saturated carbocycles. The number of hydrogen-bond donors (Lipinski definition) is 1. The first-order valence-electron chi connectivity index (χ1n) is 10.6. The number of nitrogens with zero attached hydrogens (tertiary/aromatic N) is 3. The summed E-state index contributed by atoms with van der Waals surface area (Å²) in [5.41, 5.74) is 3.39. The molecule has 0 amide bonds. The smallest absolute Gasteiger partial charge is 0.145 e. The van der Waals surface area contributed by atoms with Gasteiger partial charge in [0.15, 0.2) is 0 Å². The normalized spacial score (nSPS) is 12.6. The van der Waals surface area contributed by atoms with Crippen LogP contribution in [0.25, 0.3) is 11.0 Å². The highest BCUT2D eigenvalue weighted by atomic mass is 28.3. The molecule has 1 unspecified atom stereocenters.